The van der Waals surface area contributed by atoms with Crippen molar-refractivity contribution in [1.82, 2.24) is 15.2 Å². The molecule has 2 aliphatic rings. The van der Waals surface area contributed by atoms with Gasteiger partial charge in [-0.15, -0.1) is 0 Å². The average Bonchev–Trinajstić information content (AvgIpc) is 2.80. The van der Waals surface area contributed by atoms with Gasteiger partial charge in [0.15, 0.2) is 0 Å². The second kappa shape index (κ2) is 6.77. The minimum atomic E-state index is -0.0230. The Morgan fingerprint density at radius 1 is 1.14 bits per heavy atom. The Balaban J connectivity index is 1.81. The van der Waals surface area contributed by atoms with Gasteiger partial charge in [0.05, 0.1) is 5.56 Å². The fourth-order valence-corrected chi connectivity index (χ4v) is 3.06. The normalized spacial score (nSPS) is 19.5. The summed E-state index contributed by atoms with van der Waals surface area (Å²) in [7, 11) is 0. The van der Waals surface area contributed by atoms with Gasteiger partial charge < -0.3 is 15.1 Å². The molecule has 0 spiro atoms. The molecule has 0 aromatic carbocycles. The maximum atomic E-state index is 12.8. The minimum absolute atomic E-state index is 0.0118. The quantitative estimate of drug-likeness (QED) is 0.886. The fraction of sp³-hybridized carbons (Fsp3) is 0.562. The van der Waals surface area contributed by atoms with Gasteiger partial charge in [-0.05, 0) is 31.4 Å². The Morgan fingerprint density at radius 3 is 2.77 bits per heavy atom. The van der Waals surface area contributed by atoms with E-state index in [1.807, 2.05) is 12.1 Å². The highest BCUT2D eigenvalue weighted by atomic mass is 16.2. The molecule has 2 aliphatic heterocycles. The number of amides is 2. The third kappa shape index (κ3) is 3.21. The summed E-state index contributed by atoms with van der Waals surface area (Å²) in [5.74, 6) is 0.777. The Morgan fingerprint density at radius 2 is 1.95 bits per heavy atom. The van der Waals surface area contributed by atoms with E-state index < -0.39 is 0 Å². The van der Waals surface area contributed by atoms with E-state index in [0.29, 0.717) is 31.6 Å². The molecule has 0 atom stereocenters. The van der Waals surface area contributed by atoms with Gasteiger partial charge in [0, 0.05) is 45.3 Å². The van der Waals surface area contributed by atoms with E-state index in [1.54, 1.807) is 11.1 Å². The third-order valence-corrected chi connectivity index (χ3v) is 4.27. The largest absolute Gasteiger partial charge is 0.356 e. The number of carbonyl (C=O) groups excluding carboxylic acids is 2. The number of carbonyl (C=O) groups is 2. The van der Waals surface area contributed by atoms with Crippen molar-refractivity contribution in [1.29, 1.82) is 0 Å². The van der Waals surface area contributed by atoms with Gasteiger partial charge in [0.2, 0.25) is 5.91 Å². The molecule has 2 saturated heterocycles. The molecule has 0 radical (unpaired) electrons. The lowest BCUT2D eigenvalue weighted by Crippen LogP contribution is -2.37. The first-order chi connectivity index (χ1) is 10.8. The summed E-state index contributed by atoms with van der Waals surface area (Å²) in [4.78, 5) is 32.7. The van der Waals surface area contributed by atoms with Crippen LogP contribution in [0, 0.1) is 0 Å². The number of pyridine rings is 1. The number of anilines is 1. The van der Waals surface area contributed by atoms with Crippen molar-refractivity contribution in [3.05, 3.63) is 23.9 Å². The Hall–Kier alpha value is -2.11. The van der Waals surface area contributed by atoms with E-state index in [1.165, 1.54) is 6.42 Å². The number of rotatable bonds is 2. The van der Waals surface area contributed by atoms with Crippen molar-refractivity contribution in [2.75, 3.05) is 37.6 Å². The SMILES string of the molecule is O=C1CCN(C(=O)c2cccnc2N2CCCCC2)CCN1. The molecule has 0 bridgehead atoms. The second-order valence-corrected chi connectivity index (χ2v) is 5.81. The van der Waals surface area contributed by atoms with Gasteiger partial charge in [-0.1, -0.05) is 0 Å². The zero-order valence-electron chi connectivity index (χ0n) is 12.8. The summed E-state index contributed by atoms with van der Waals surface area (Å²) in [5, 5.41) is 2.80. The van der Waals surface area contributed by atoms with Gasteiger partial charge in [0.1, 0.15) is 5.82 Å². The first-order valence-corrected chi connectivity index (χ1v) is 8.01. The van der Waals surface area contributed by atoms with Crippen LogP contribution in [0.15, 0.2) is 18.3 Å². The molecule has 118 valence electrons. The molecule has 0 aliphatic carbocycles. The number of aromatic nitrogens is 1. The van der Waals surface area contributed by atoms with E-state index >= 15 is 0 Å². The fourth-order valence-electron chi connectivity index (χ4n) is 3.06. The number of piperidine rings is 1. The summed E-state index contributed by atoms with van der Waals surface area (Å²) in [6, 6.07) is 3.65. The molecular formula is C16H22N4O2. The highest BCUT2D eigenvalue weighted by Crippen LogP contribution is 2.23. The summed E-state index contributed by atoms with van der Waals surface area (Å²) >= 11 is 0. The number of hydrogen-bond acceptors (Lipinski definition) is 4. The Bertz CT molecular complexity index is 555. The molecule has 1 aromatic rings. The minimum Gasteiger partial charge on any atom is -0.356 e. The van der Waals surface area contributed by atoms with Crippen LogP contribution in [0.3, 0.4) is 0 Å². The van der Waals surface area contributed by atoms with Gasteiger partial charge in [0.25, 0.3) is 5.91 Å². The molecular weight excluding hydrogens is 280 g/mol. The van der Waals surface area contributed by atoms with Crippen LogP contribution in [-0.2, 0) is 4.79 Å². The first kappa shape index (κ1) is 14.8. The van der Waals surface area contributed by atoms with Crippen molar-refractivity contribution in [2.45, 2.75) is 25.7 Å². The lowest BCUT2D eigenvalue weighted by Gasteiger charge is -2.30. The molecule has 6 heteroatoms. The molecule has 1 aromatic heterocycles. The monoisotopic (exact) mass is 302 g/mol. The molecule has 22 heavy (non-hydrogen) atoms. The highest BCUT2D eigenvalue weighted by molar-refractivity contribution is 5.99. The van der Waals surface area contributed by atoms with Crippen molar-refractivity contribution < 1.29 is 9.59 Å². The standard InChI is InChI=1S/C16H22N4O2/c21-14-6-11-20(12-8-17-14)16(22)13-5-4-7-18-15(13)19-9-2-1-3-10-19/h4-5,7H,1-3,6,8-12H2,(H,17,21). The van der Waals surface area contributed by atoms with Gasteiger partial charge in [-0.25, -0.2) is 4.98 Å². The van der Waals surface area contributed by atoms with Crippen LogP contribution < -0.4 is 10.2 Å². The van der Waals surface area contributed by atoms with Crippen LogP contribution in [0.2, 0.25) is 0 Å². The Labute approximate surface area is 130 Å². The van der Waals surface area contributed by atoms with Crippen LogP contribution in [0.1, 0.15) is 36.0 Å². The van der Waals surface area contributed by atoms with E-state index in [0.717, 1.165) is 31.7 Å². The second-order valence-electron chi connectivity index (χ2n) is 5.81. The van der Waals surface area contributed by atoms with E-state index in [2.05, 4.69) is 15.2 Å². The van der Waals surface area contributed by atoms with Crippen LogP contribution in [0.4, 0.5) is 5.82 Å². The van der Waals surface area contributed by atoms with Gasteiger partial charge in [-0.2, -0.15) is 0 Å². The van der Waals surface area contributed by atoms with Gasteiger partial charge >= 0.3 is 0 Å². The van der Waals surface area contributed by atoms with Crippen LogP contribution in [0.5, 0.6) is 0 Å². The van der Waals surface area contributed by atoms with Crippen molar-refractivity contribution in [3.63, 3.8) is 0 Å². The zero-order valence-corrected chi connectivity index (χ0v) is 12.8. The summed E-state index contributed by atoms with van der Waals surface area (Å²) in [6.45, 7) is 3.45. The molecule has 0 unspecified atom stereocenters. The lowest BCUT2D eigenvalue weighted by molar-refractivity contribution is -0.120. The molecule has 3 rings (SSSR count). The maximum absolute atomic E-state index is 12.8. The molecule has 2 fully saturated rings. The molecule has 1 N–H and O–H groups in total. The van der Waals surface area contributed by atoms with Crippen LogP contribution in [-0.4, -0.2) is 54.4 Å². The molecule has 0 saturated carbocycles. The van der Waals surface area contributed by atoms with Crippen LogP contribution >= 0.6 is 0 Å². The lowest BCUT2D eigenvalue weighted by atomic mass is 10.1. The van der Waals surface area contributed by atoms with E-state index in [-0.39, 0.29) is 11.8 Å². The summed E-state index contributed by atoms with van der Waals surface area (Å²) in [5.41, 5.74) is 0.652. The summed E-state index contributed by atoms with van der Waals surface area (Å²) in [6.07, 6.45) is 5.64. The number of nitrogens with zero attached hydrogens (tertiary/aromatic N) is 3. The predicted octanol–water partition coefficient (Wildman–Crippen LogP) is 1.03. The molecule has 6 nitrogen and oxygen atoms in total. The Kier molecular flexibility index (Phi) is 4.56. The highest BCUT2D eigenvalue weighted by Gasteiger charge is 2.25. The number of hydrogen-bond donors (Lipinski definition) is 1. The van der Waals surface area contributed by atoms with Gasteiger partial charge in [-0.3, -0.25) is 9.59 Å². The van der Waals surface area contributed by atoms with Crippen molar-refractivity contribution in [2.24, 2.45) is 0 Å². The van der Waals surface area contributed by atoms with Crippen molar-refractivity contribution in [3.8, 4) is 0 Å². The van der Waals surface area contributed by atoms with E-state index in [4.69, 9.17) is 0 Å². The first-order valence-electron chi connectivity index (χ1n) is 8.01. The van der Waals surface area contributed by atoms with Crippen molar-refractivity contribution >= 4 is 17.6 Å². The van der Waals surface area contributed by atoms with E-state index in [9.17, 15) is 9.59 Å². The predicted molar refractivity (Wildman–Crippen MR) is 83.8 cm³/mol. The number of nitrogens with one attached hydrogen (secondary N) is 1. The maximum Gasteiger partial charge on any atom is 0.257 e. The molecule has 3 heterocycles. The van der Waals surface area contributed by atoms with Crippen LogP contribution in [0.25, 0.3) is 0 Å². The smallest absolute Gasteiger partial charge is 0.257 e. The average molecular weight is 302 g/mol. The summed E-state index contributed by atoms with van der Waals surface area (Å²) < 4.78 is 0. The molecule has 2 amide bonds. The zero-order chi connectivity index (χ0) is 15.4. The third-order valence-electron chi connectivity index (χ3n) is 4.27. The topological polar surface area (TPSA) is 65.5 Å².